The van der Waals surface area contributed by atoms with E-state index in [1.807, 2.05) is 0 Å². The summed E-state index contributed by atoms with van der Waals surface area (Å²) in [5.41, 5.74) is -4.88. The van der Waals surface area contributed by atoms with Gasteiger partial charge in [0, 0.05) is 35.8 Å². The fourth-order valence-electron chi connectivity index (χ4n) is 3.71. The largest absolute Gasteiger partial charge is 0.485 e. The van der Waals surface area contributed by atoms with Crippen LogP contribution in [0.1, 0.15) is 39.2 Å². The highest BCUT2D eigenvalue weighted by molar-refractivity contribution is 6.31. The minimum Gasteiger partial charge on any atom is -0.485 e. The Kier molecular flexibility index (Phi) is 6.54. The summed E-state index contributed by atoms with van der Waals surface area (Å²) in [6, 6.07) is 2.69. The monoisotopic (exact) mass is 550 g/mol. The summed E-state index contributed by atoms with van der Waals surface area (Å²) in [6.45, 7) is 2.46. The van der Waals surface area contributed by atoms with Gasteiger partial charge in [-0.15, -0.1) is 0 Å². The molecule has 0 radical (unpaired) electrons. The van der Waals surface area contributed by atoms with Crippen LogP contribution in [0.25, 0.3) is 16.9 Å². The van der Waals surface area contributed by atoms with Crippen LogP contribution in [0.4, 0.5) is 17.6 Å². The van der Waals surface area contributed by atoms with Crippen molar-refractivity contribution in [3.63, 3.8) is 0 Å². The van der Waals surface area contributed by atoms with Crippen LogP contribution in [0.15, 0.2) is 41.6 Å². The molecule has 0 unspecified atom stereocenters. The smallest absolute Gasteiger partial charge is 0.278 e. The number of halogens is 5. The third-order valence-electron chi connectivity index (χ3n) is 5.49. The Bertz CT molecular complexity index is 1710. The number of aliphatic hydroxyl groups is 1. The predicted molar refractivity (Wildman–Crippen MR) is 131 cm³/mol. The molecule has 0 aliphatic carbocycles. The second-order valence-electron chi connectivity index (χ2n) is 8.83. The molecular weight excluding hydrogens is 528 g/mol. The van der Waals surface area contributed by atoms with E-state index in [1.54, 1.807) is 0 Å². The van der Waals surface area contributed by atoms with Crippen LogP contribution in [0.2, 0.25) is 5.02 Å². The van der Waals surface area contributed by atoms with Crippen LogP contribution in [0.5, 0.6) is 5.75 Å². The Morgan fingerprint density at radius 2 is 1.82 bits per heavy atom. The number of rotatable bonds is 6. The zero-order valence-corrected chi connectivity index (χ0v) is 21.2. The molecule has 0 aliphatic rings. The summed E-state index contributed by atoms with van der Waals surface area (Å²) < 4.78 is 80.8. The summed E-state index contributed by atoms with van der Waals surface area (Å²) in [5.74, 6) is -4.98. The highest BCUT2D eigenvalue weighted by Crippen LogP contribution is 2.33. The van der Waals surface area contributed by atoms with Gasteiger partial charge in [-0.2, -0.15) is 0 Å². The molecular formula is C26H21ClF4N4O3. The van der Waals surface area contributed by atoms with Gasteiger partial charge in [0.05, 0.1) is 14.6 Å². The number of nitrogens with zero attached hydrogens (tertiary/aromatic N) is 4. The molecule has 0 aliphatic heterocycles. The molecule has 12 heteroatoms. The van der Waals surface area contributed by atoms with Gasteiger partial charge in [0.1, 0.15) is 45.8 Å². The Morgan fingerprint density at radius 1 is 1.11 bits per heavy atom. The summed E-state index contributed by atoms with van der Waals surface area (Å²) in [5, 5.41) is 9.55. The first-order chi connectivity index (χ1) is 18.5. The lowest BCUT2D eigenvalue weighted by atomic mass is 10.00. The molecule has 0 amide bonds. The van der Waals surface area contributed by atoms with Crippen molar-refractivity contribution in [2.45, 2.75) is 39.9 Å². The van der Waals surface area contributed by atoms with Crippen molar-refractivity contribution in [2.75, 3.05) is 0 Å². The highest BCUT2D eigenvalue weighted by Gasteiger charge is 2.28. The first-order valence-corrected chi connectivity index (χ1v) is 11.4. The van der Waals surface area contributed by atoms with Gasteiger partial charge in [0.15, 0.2) is 17.5 Å². The van der Waals surface area contributed by atoms with Crippen molar-refractivity contribution in [1.82, 2.24) is 19.5 Å². The molecule has 0 atom stereocenters. The van der Waals surface area contributed by atoms with Crippen LogP contribution in [0, 0.1) is 37.1 Å². The highest BCUT2D eigenvalue weighted by atomic mass is 35.5. The number of pyridine rings is 4. The van der Waals surface area contributed by atoms with Gasteiger partial charge in [-0.25, -0.2) is 17.6 Å². The maximum atomic E-state index is 16.0. The second kappa shape index (κ2) is 10.1. The zero-order chi connectivity index (χ0) is 29.7. The Hall–Kier alpha value is -3.83. The molecule has 4 aromatic rings. The van der Waals surface area contributed by atoms with Gasteiger partial charge >= 0.3 is 0 Å². The van der Waals surface area contributed by atoms with Gasteiger partial charge in [0.2, 0.25) is 0 Å². The van der Waals surface area contributed by atoms with E-state index in [4.69, 9.17) is 19.1 Å². The van der Waals surface area contributed by atoms with Crippen molar-refractivity contribution in [3.05, 3.63) is 98.1 Å². The summed E-state index contributed by atoms with van der Waals surface area (Å²) in [7, 11) is 0. The fourth-order valence-corrected chi connectivity index (χ4v) is 3.88. The number of hydrogen-bond acceptors (Lipinski definition) is 6. The third kappa shape index (κ3) is 4.99. The Morgan fingerprint density at radius 3 is 2.47 bits per heavy atom. The van der Waals surface area contributed by atoms with E-state index < -0.39 is 63.1 Å². The Balaban J connectivity index is 1.85. The molecule has 198 valence electrons. The molecule has 1 N–H and O–H groups in total. The van der Waals surface area contributed by atoms with E-state index >= 15 is 8.78 Å². The number of aryl methyl sites for hydroxylation is 2. The van der Waals surface area contributed by atoms with E-state index in [9.17, 15) is 18.7 Å². The van der Waals surface area contributed by atoms with E-state index in [0.717, 1.165) is 10.6 Å². The van der Waals surface area contributed by atoms with Gasteiger partial charge in [-0.05, 0) is 39.3 Å². The quantitative estimate of drug-likeness (QED) is 0.327. The lowest BCUT2D eigenvalue weighted by molar-refractivity contribution is 0.0696. The first kappa shape index (κ1) is 24.5. The second-order valence-corrected chi connectivity index (χ2v) is 9.20. The van der Waals surface area contributed by atoms with Gasteiger partial charge < -0.3 is 9.84 Å². The van der Waals surface area contributed by atoms with E-state index in [1.165, 1.54) is 46.2 Å². The minimum atomic E-state index is -2.98. The average Bonchev–Trinajstić information content (AvgIpc) is 2.84. The molecule has 0 fully saturated rings. The number of hydrogen-bond donors (Lipinski definition) is 1. The van der Waals surface area contributed by atoms with Crippen LogP contribution >= 0.6 is 11.6 Å². The number of ether oxygens (including phenoxy) is 1. The van der Waals surface area contributed by atoms with Crippen molar-refractivity contribution < 1.29 is 30.1 Å². The van der Waals surface area contributed by atoms with Crippen LogP contribution < -0.4 is 10.3 Å². The zero-order valence-electron chi connectivity index (χ0n) is 22.4. The molecule has 38 heavy (non-hydrogen) atoms. The molecule has 0 bridgehead atoms. The molecule has 0 aromatic carbocycles. The molecule has 4 heterocycles. The molecule has 4 aromatic heterocycles. The number of aromatic nitrogens is 4. The van der Waals surface area contributed by atoms with Crippen LogP contribution in [-0.2, 0) is 12.2 Å². The van der Waals surface area contributed by atoms with E-state index in [2.05, 4.69) is 15.0 Å². The molecule has 4 rings (SSSR count). The summed E-state index contributed by atoms with van der Waals surface area (Å²) >= 11 is 6.20. The lowest BCUT2D eigenvalue weighted by Crippen LogP contribution is -2.24. The lowest BCUT2D eigenvalue weighted by Gasteiger charge is -2.20. The predicted octanol–water partition coefficient (Wildman–Crippen LogP) is 5.32. The standard InChI is InChI=1S/C26H21ClF4N4O3/c1-12-9-34-22(15-5-6-32-24(20(15)30)26(3,4)37)21(31)23(12)35-13(2)7-18(19(27)25(35)36)38-11-17-16(29)8-14(28)10-33-17/h5-10,37H,11H2,1-4H3/i11D2. The van der Waals surface area contributed by atoms with Crippen molar-refractivity contribution in [2.24, 2.45) is 0 Å². The van der Waals surface area contributed by atoms with Crippen LogP contribution in [-0.4, -0.2) is 24.6 Å². The SMILES string of the molecule is [2H]C([2H])(Oc1cc(C)n(-c2c(C)cnc(-c3ccnc(C(C)(C)O)c3F)c2F)c(=O)c1Cl)c1ncc(F)cc1F. The summed E-state index contributed by atoms with van der Waals surface area (Å²) in [6.07, 6.45) is 2.98. The topological polar surface area (TPSA) is 90.1 Å². The molecule has 0 saturated carbocycles. The summed E-state index contributed by atoms with van der Waals surface area (Å²) in [4.78, 5) is 24.6. The molecule has 0 saturated heterocycles. The average molecular weight is 551 g/mol. The Labute approximate surface area is 222 Å². The van der Waals surface area contributed by atoms with Gasteiger partial charge in [0.25, 0.3) is 5.56 Å². The van der Waals surface area contributed by atoms with Crippen molar-refractivity contribution in [3.8, 4) is 22.7 Å². The first-order valence-electron chi connectivity index (χ1n) is 12.0. The molecule has 0 spiro atoms. The van der Waals surface area contributed by atoms with Gasteiger partial charge in [-0.1, -0.05) is 11.6 Å². The van der Waals surface area contributed by atoms with E-state index in [-0.39, 0.29) is 28.2 Å². The maximum absolute atomic E-state index is 16.0. The normalized spacial score (nSPS) is 12.8. The fraction of sp³-hybridized carbons (Fsp3) is 0.231. The van der Waals surface area contributed by atoms with Crippen molar-refractivity contribution in [1.29, 1.82) is 0 Å². The van der Waals surface area contributed by atoms with E-state index in [0.29, 0.717) is 12.3 Å². The third-order valence-corrected chi connectivity index (χ3v) is 5.84. The minimum absolute atomic E-state index is 0.0132. The van der Waals surface area contributed by atoms with Crippen molar-refractivity contribution >= 4 is 11.6 Å². The van der Waals surface area contributed by atoms with Gasteiger partial charge in [-0.3, -0.25) is 24.3 Å². The van der Waals surface area contributed by atoms with Crippen LogP contribution in [0.3, 0.4) is 0 Å². The maximum Gasteiger partial charge on any atom is 0.278 e. The molecule has 7 nitrogen and oxygen atoms in total.